The summed E-state index contributed by atoms with van der Waals surface area (Å²) in [7, 11) is 0. The summed E-state index contributed by atoms with van der Waals surface area (Å²) in [4.78, 5) is 12.9. The zero-order valence-electron chi connectivity index (χ0n) is 12.9. The Balaban J connectivity index is 1.49. The summed E-state index contributed by atoms with van der Waals surface area (Å²) in [6.45, 7) is 1.98. The van der Waals surface area contributed by atoms with E-state index in [0.29, 0.717) is 22.2 Å². The highest BCUT2D eigenvalue weighted by atomic mass is 35.5. The minimum atomic E-state index is -0.248. The van der Waals surface area contributed by atoms with Gasteiger partial charge in [-0.15, -0.1) is 11.3 Å². The largest absolute Gasteiger partial charge is 0.365 e. The van der Waals surface area contributed by atoms with E-state index >= 15 is 0 Å². The van der Waals surface area contributed by atoms with E-state index in [1.807, 2.05) is 30.5 Å². The van der Waals surface area contributed by atoms with Crippen LogP contribution in [-0.2, 0) is 16.1 Å². The van der Waals surface area contributed by atoms with Gasteiger partial charge >= 0.3 is 0 Å². The summed E-state index contributed by atoms with van der Waals surface area (Å²) in [5.74, 6) is 0.449. The maximum atomic E-state index is 11.9. The highest BCUT2D eigenvalue weighted by Crippen LogP contribution is 2.25. The number of aromatic nitrogens is 1. The van der Waals surface area contributed by atoms with Gasteiger partial charge in [0, 0.05) is 16.8 Å². The van der Waals surface area contributed by atoms with Crippen molar-refractivity contribution in [1.82, 2.24) is 5.16 Å². The molecular weight excluding hydrogens is 348 g/mol. The Kier molecular flexibility index (Phi) is 5.30. The Bertz CT molecular complexity index is 830. The number of nitrogens with one attached hydrogen (secondary N) is 1. The second-order valence-corrected chi connectivity index (χ2v) is 6.47. The number of rotatable bonds is 6. The summed E-state index contributed by atoms with van der Waals surface area (Å²) < 4.78 is 10.6. The number of nitrogens with zero attached hydrogens (tertiary/aromatic N) is 1. The molecule has 1 amide bonds. The molecule has 2 aromatic heterocycles. The van der Waals surface area contributed by atoms with Crippen LogP contribution in [-0.4, -0.2) is 17.7 Å². The standard InChI is InChI=1S/C17H15ClN2O3S/c1-11-13(18)4-2-5-14(11)19-17(21)10-22-9-12-8-15(23-20-12)16-6-3-7-24-16/h2-8H,9-10H2,1H3,(H,19,21). The van der Waals surface area contributed by atoms with E-state index in [9.17, 15) is 4.79 Å². The minimum absolute atomic E-state index is 0.0762. The van der Waals surface area contributed by atoms with Crippen LogP contribution in [0.1, 0.15) is 11.3 Å². The van der Waals surface area contributed by atoms with Gasteiger partial charge in [-0.3, -0.25) is 4.79 Å². The van der Waals surface area contributed by atoms with Gasteiger partial charge in [-0.05, 0) is 36.1 Å². The number of thiophene rings is 1. The molecule has 5 nitrogen and oxygen atoms in total. The maximum Gasteiger partial charge on any atom is 0.250 e. The minimum Gasteiger partial charge on any atom is -0.365 e. The Morgan fingerprint density at radius 2 is 2.25 bits per heavy atom. The van der Waals surface area contributed by atoms with E-state index < -0.39 is 0 Å². The van der Waals surface area contributed by atoms with E-state index in [4.69, 9.17) is 20.9 Å². The number of hydrogen-bond acceptors (Lipinski definition) is 5. The lowest BCUT2D eigenvalue weighted by molar-refractivity contribution is -0.121. The molecule has 0 aliphatic carbocycles. The topological polar surface area (TPSA) is 64.4 Å². The lowest BCUT2D eigenvalue weighted by atomic mass is 10.2. The molecule has 0 saturated carbocycles. The number of ether oxygens (including phenoxy) is 1. The number of anilines is 1. The number of amides is 1. The van der Waals surface area contributed by atoms with Gasteiger partial charge in [0.05, 0.1) is 11.5 Å². The van der Waals surface area contributed by atoms with Crippen LogP contribution in [0, 0.1) is 6.92 Å². The smallest absolute Gasteiger partial charge is 0.250 e. The monoisotopic (exact) mass is 362 g/mol. The fourth-order valence-electron chi connectivity index (χ4n) is 2.09. The summed E-state index contributed by atoms with van der Waals surface area (Å²) in [5.41, 5.74) is 2.15. The fourth-order valence-corrected chi connectivity index (χ4v) is 2.94. The zero-order chi connectivity index (χ0) is 16.9. The van der Waals surface area contributed by atoms with E-state index in [0.717, 1.165) is 10.4 Å². The molecule has 3 aromatic rings. The van der Waals surface area contributed by atoms with Crippen molar-refractivity contribution in [1.29, 1.82) is 0 Å². The lowest BCUT2D eigenvalue weighted by Crippen LogP contribution is -2.18. The van der Waals surface area contributed by atoms with Crippen molar-refractivity contribution in [2.75, 3.05) is 11.9 Å². The van der Waals surface area contributed by atoms with E-state index in [1.165, 1.54) is 0 Å². The average Bonchev–Trinajstić information content (AvgIpc) is 3.23. The van der Waals surface area contributed by atoms with Crippen LogP contribution in [0.3, 0.4) is 0 Å². The number of benzene rings is 1. The summed E-state index contributed by atoms with van der Waals surface area (Å²) in [6, 6.07) is 11.1. The summed E-state index contributed by atoms with van der Waals surface area (Å²) >= 11 is 7.60. The van der Waals surface area contributed by atoms with Crippen LogP contribution < -0.4 is 5.32 Å². The van der Waals surface area contributed by atoms with Crippen molar-refractivity contribution >= 4 is 34.5 Å². The van der Waals surface area contributed by atoms with E-state index in [-0.39, 0.29) is 19.1 Å². The van der Waals surface area contributed by atoms with Crippen LogP contribution in [0.15, 0.2) is 46.3 Å². The molecule has 0 spiro atoms. The predicted octanol–water partition coefficient (Wildman–Crippen LogP) is 4.52. The third-order valence-electron chi connectivity index (χ3n) is 3.35. The molecule has 0 atom stereocenters. The van der Waals surface area contributed by atoms with Crippen molar-refractivity contribution in [2.24, 2.45) is 0 Å². The molecule has 0 fully saturated rings. The molecule has 0 bridgehead atoms. The van der Waals surface area contributed by atoms with Crippen molar-refractivity contribution in [3.8, 4) is 10.6 Å². The molecule has 2 heterocycles. The van der Waals surface area contributed by atoms with Crippen LogP contribution in [0.5, 0.6) is 0 Å². The number of hydrogen-bond donors (Lipinski definition) is 1. The first-order chi connectivity index (χ1) is 11.6. The van der Waals surface area contributed by atoms with Crippen molar-refractivity contribution in [3.05, 3.63) is 58.1 Å². The third-order valence-corrected chi connectivity index (χ3v) is 4.64. The van der Waals surface area contributed by atoms with Gasteiger partial charge in [0.25, 0.3) is 0 Å². The van der Waals surface area contributed by atoms with E-state index in [1.54, 1.807) is 29.5 Å². The Labute approximate surface area is 148 Å². The fraction of sp³-hybridized carbons (Fsp3) is 0.176. The molecular formula is C17H15ClN2O3S. The molecule has 124 valence electrons. The number of carbonyl (C=O) groups is 1. The SMILES string of the molecule is Cc1c(Cl)cccc1NC(=O)COCc1cc(-c2cccs2)on1. The maximum absolute atomic E-state index is 11.9. The normalized spacial score (nSPS) is 10.8. The molecule has 0 unspecified atom stereocenters. The summed E-state index contributed by atoms with van der Waals surface area (Å²) in [6.07, 6.45) is 0. The third kappa shape index (κ3) is 4.03. The van der Waals surface area contributed by atoms with Gasteiger partial charge in [-0.1, -0.05) is 28.9 Å². The van der Waals surface area contributed by atoms with Gasteiger partial charge in [-0.2, -0.15) is 0 Å². The molecule has 24 heavy (non-hydrogen) atoms. The quantitative estimate of drug-likeness (QED) is 0.700. The first-order valence-electron chi connectivity index (χ1n) is 7.25. The average molecular weight is 363 g/mol. The first-order valence-corrected chi connectivity index (χ1v) is 8.51. The Morgan fingerprint density at radius 3 is 3.04 bits per heavy atom. The number of carbonyl (C=O) groups excluding carboxylic acids is 1. The van der Waals surface area contributed by atoms with Gasteiger partial charge < -0.3 is 14.6 Å². The highest BCUT2D eigenvalue weighted by Gasteiger charge is 2.10. The van der Waals surface area contributed by atoms with Gasteiger partial charge in [-0.25, -0.2) is 0 Å². The second kappa shape index (κ2) is 7.61. The van der Waals surface area contributed by atoms with Crippen LogP contribution in [0.25, 0.3) is 10.6 Å². The van der Waals surface area contributed by atoms with Crippen molar-refractivity contribution in [2.45, 2.75) is 13.5 Å². The van der Waals surface area contributed by atoms with Crippen molar-refractivity contribution < 1.29 is 14.1 Å². The van der Waals surface area contributed by atoms with Gasteiger partial charge in [0.1, 0.15) is 12.3 Å². The Morgan fingerprint density at radius 1 is 1.38 bits per heavy atom. The molecule has 0 saturated heterocycles. The molecule has 1 N–H and O–H groups in total. The molecule has 1 aromatic carbocycles. The summed E-state index contributed by atoms with van der Waals surface area (Å²) in [5, 5.41) is 9.29. The van der Waals surface area contributed by atoms with E-state index in [2.05, 4.69) is 10.5 Å². The molecule has 0 aliphatic heterocycles. The molecule has 7 heteroatoms. The van der Waals surface area contributed by atoms with Crippen LogP contribution >= 0.6 is 22.9 Å². The van der Waals surface area contributed by atoms with Crippen LogP contribution in [0.4, 0.5) is 5.69 Å². The van der Waals surface area contributed by atoms with Crippen molar-refractivity contribution in [3.63, 3.8) is 0 Å². The van der Waals surface area contributed by atoms with Gasteiger partial charge in [0.2, 0.25) is 5.91 Å². The van der Waals surface area contributed by atoms with Gasteiger partial charge in [0.15, 0.2) is 5.76 Å². The zero-order valence-corrected chi connectivity index (χ0v) is 14.5. The molecule has 0 aliphatic rings. The number of halogens is 1. The predicted molar refractivity (Wildman–Crippen MR) is 94.3 cm³/mol. The molecule has 0 radical (unpaired) electrons. The molecule has 3 rings (SSSR count). The first kappa shape index (κ1) is 16.7. The lowest BCUT2D eigenvalue weighted by Gasteiger charge is -2.09. The highest BCUT2D eigenvalue weighted by molar-refractivity contribution is 7.13. The Hall–Kier alpha value is -2.15. The van der Waals surface area contributed by atoms with Crippen LogP contribution in [0.2, 0.25) is 5.02 Å². The second-order valence-electron chi connectivity index (χ2n) is 5.11.